The maximum Gasteiger partial charge on any atom is 0.0377 e. The molecule has 0 radical (unpaired) electrons. The molecule has 0 spiro atoms. The van der Waals surface area contributed by atoms with Gasteiger partial charge in [0, 0.05) is 16.2 Å². The van der Waals surface area contributed by atoms with Gasteiger partial charge in [-0.15, -0.1) is 0 Å². The molecule has 1 atom stereocenters. The predicted octanol–water partition coefficient (Wildman–Crippen LogP) is 5.37. The summed E-state index contributed by atoms with van der Waals surface area (Å²) in [6.07, 6.45) is 6.18. The van der Waals surface area contributed by atoms with Crippen LogP contribution in [0.4, 0.5) is 5.69 Å². The summed E-state index contributed by atoms with van der Waals surface area (Å²) in [7, 11) is 0. The van der Waals surface area contributed by atoms with Crippen LogP contribution in [0, 0.1) is 0 Å². The smallest absolute Gasteiger partial charge is 0.0377 e. The van der Waals surface area contributed by atoms with Crippen molar-refractivity contribution in [3.63, 3.8) is 0 Å². The Bertz CT molecular complexity index is 603. The fraction of sp³-hybridized carbons (Fsp3) is 0.368. The van der Waals surface area contributed by atoms with Gasteiger partial charge in [-0.05, 0) is 73.9 Å². The zero-order valence-corrected chi connectivity index (χ0v) is 14.1. The number of hydrogen-bond donors (Lipinski definition) is 1. The lowest BCUT2D eigenvalue weighted by Crippen LogP contribution is -2.20. The molecule has 0 aliphatic heterocycles. The Morgan fingerprint density at radius 3 is 2.62 bits per heavy atom. The molecule has 2 aromatic rings. The van der Waals surface area contributed by atoms with Crippen LogP contribution < -0.4 is 5.32 Å². The second-order valence-electron chi connectivity index (χ2n) is 6.03. The molecule has 1 aliphatic rings. The molecule has 3 rings (SSSR count). The first-order valence-electron chi connectivity index (χ1n) is 7.84. The Labute approximate surface area is 135 Å². The van der Waals surface area contributed by atoms with Gasteiger partial charge < -0.3 is 5.32 Å². The Kier molecular flexibility index (Phi) is 4.64. The van der Waals surface area contributed by atoms with E-state index in [1.54, 1.807) is 11.1 Å². The number of nitrogens with one attached hydrogen (secondary N) is 1. The van der Waals surface area contributed by atoms with Gasteiger partial charge in [-0.2, -0.15) is 0 Å². The van der Waals surface area contributed by atoms with Crippen LogP contribution in [-0.4, -0.2) is 6.04 Å². The summed E-state index contributed by atoms with van der Waals surface area (Å²) in [5, 5.41) is 3.72. The van der Waals surface area contributed by atoms with E-state index in [1.165, 1.54) is 36.9 Å². The van der Waals surface area contributed by atoms with Crippen LogP contribution in [-0.2, 0) is 19.3 Å². The van der Waals surface area contributed by atoms with E-state index in [2.05, 4.69) is 70.6 Å². The Morgan fingerprint density at radius 2 is 1.81 bits per heavy atom. The highest BCUT2D eigenvalue weighted by atomic mass is 79.9. The maximum atomic E-state index is 3.72. The van der Waals surface area contributed by atoms with E-state index in [9.17, 15) is 0 Å². The molecule has 0 heterocycles. The molecule has 21 heavy (non-hydrogen) atoms. The Hall–Kier alpha value is -1.28. The van der Waals surface area contributed by atoms with Gasteiger partial charge in [0.15, 0.2) is 0 Å². The topological polar surface area (TPSA) is 12.0 Å². The van der Waals surface area contributed by atoms with Gasteiger partial charge in [0.05, 0.1) is 0 Å². The summed E-state index contributed by atoms with van der Waals surface area (Å²) in [5.41, 5.74) is 5.81. The highest BCUT2D eigenvalue weighted by Gasteiger charge is 2.14. The fourth-order valence-corrected chi connectivity index (χ4v) is 3.47. The van der Waals surface area contributed by atoms with Crippen molar-refractivity contribution in [2.45, 2.75) is 45.1 Å². The lowest BCUT2D eigenvalue weighted by molar-refractivity contribution is 0.683. The molecule has 2 heteroatoms. The minimum Gasteiger partial charge on any atom is -0.382 e. The summed E-state index contributed by atoms with van der Waals surface area (Å²) >= 11 is 3.49. The lowest BCUT2D eigenvalue weighted by Gasteiger charge is -2.23. The molecule has 1 N–H and O–H groups in total. The first kappa shape index (κ1) is 14.6. The van der Waals surface area contributed by atoms with E-state index >= 15 is 0 Å². The van der Waals surface area contributed by atoms with Crippen molar-refractivity contribution in [2.75, 3.05) is 5.32 Å². The van der Waals surface area contributed by atoms with Crippen molar-refractivity contribution in [3.05, 3.63) is 63.6 Å². The Morgan fingerprint density at radius 1 is 1.05 bits per heavy atom. The maximum absolute atomic E-state index is 3.72. The highest BCUT2D eigenvalue weighted by Crippen LogP contribution is 2.28. The number of hydrogen-bond acceptors (Lipinski definition) is 1. The molecule has 0 saturated carbocycles. The van der Waals surface area contributed by atoms with Gasteiger partial charge in [0.2, 0.25) is 0 Å². The van der Waals surface area contributed by atoms with Gasteiger partial charge in [0.25, 0.3) is 0 Å². The van der Waals surface area contributed by atoms with Crippen LogP contribution in [0.1, 0.15) is 36.5 Å². The molecule has 2 aromatic carbocycles. The normalized spacial score (nSPS) is 15.3. The molecule has 0 fully saturated rings. The number of benzene rings is 2. The van der Waals surface area contributed by atoms with Crippen LogP contribution in [0.5, 0.6) is 0 Å². The van der Waals surface area contributed by atoms with Crippen LogP contribution in [0.3, 0.4) is 0 Å². The Balaban J connectivity index is 1.70. The molecule has 1 unspecified atom stereocenters. The average Bonchev–Trinajstić information content (AvgIpc) is 2.50. The quantitative estimate of drug-likeness (QED) is 0.786. The molecule has 1 aliphatic carbocycles. The van der Waals surface area contributed by atoms with E-state index < -0.39 is 0 Å². The minimum absolute atomic E-state index is 0.444. The molecule has 0 bridgehead atoms. The molecule has 1 nitrogen and oxygen atoms in total. The van der Waals surface area contributed by atoms with Crippen LogP contribution in [0.15, 0.2) is 46.9 Å². The number of anilines is 1. The molecule has 0 saturated heterocycles. The largest absolute Gasteiger partial charge is 0.382 e. The molecule has 0 aromatic heterocycles. The van der Waals surface area contributed by atoms with Gasteiger partial charge >= 0.3 is 0 Å². The number of aryl methyl sites for hydroxylation is 1. The van der Waals surface area contributed by atoms with Crippen molar-refractivity contribution >= 4 is 21.6 Å². The fourth-order valence-electron chi connectivity index (χ4n) is 3.21. The standard InChI is InChI=1S/C19H22BrN/c1-14(13-15-9-11-17(20)12-10-15)21-19-8-4-6-16-5-2-3-7-18(16)19/h4,6,8-12,14,21H,2-3,5,7,13H2,1H3. The SMILES string of the molecule is CC(Cc1ccc(Br)cc1)Nc1cccc2c1CCCC2. The van der Waals surface area contributed by atoms with Gasteiger partial charge in [-0.3, -0.25) is 0 Å². The van der Waals surface area contributed by atoms with E-state index in [0.29, 0.717) is 6.04 Å². The van der Waals surface area contributed by atoms with Crippen molar-refractivity contribution < 1.29 is 0 Å². The van der Waals surface area contributed by atoms with Crippen molar-refractivity contribution in [2.24, 2.45) is 0 Å². The molecular weight excluding hydrogens is 322 g/mol. The van der Waals surface area contributed by atoms with Crippen LogP contribution >= 0.6 is 15.9 Å². The minimum atomic E-state index is 0.444. The van der Waals surface area contributed by atoms with E-state index in [1.807, 2.05) is 0 Å². The third-order valence-electron chi connectivity index (χ3n) is 4.25. The number of rotatable bonds is 4. The van der Waals surface area contributed by atoms with Gasteiger partial charge in [0.1, 0.15) is 0 Å². The molecule has 0 amide bonds. The lowest BCUT2D eigenvalue weighted by atomic mass is 9.90. The second kappa shape index (κ2) is 6.65. The van der Waals surface area contributed by atoms with E-state index in [-0.39, 0.29) is 0 Å². The zero-order valence-electron chi connectivity index (χ0n) is 12.5. The predicted molar refractivity (Wildman–Crippen MR) is 94.0 cm³/mol. The summed E-state index contributed by atoms with van der Waals surface area (Å²) in [6, 6.07) is 15.8. The first-order valence-corrected chi connectivity index (χ1v) is 8.63. The molecular formula is C19H22BrN. The summed E-state index contributed by atoms with van der Waals surface area (Å²) in [5.74, 6) is 0. The third-order valence-corrected chi connectivity index (χ3v) is 4.78. The van der Waals surface area contributed by atoms with E-state index in [0.717, 1.165) is 10.9 Å². The molecule has 110 valence electrons. The van der Waals surface area contributed by atoms with Gasteiger partial charge in [-0.25, -0.2) is 0 Å². The van der Waals surface area contributed by atoms with Crippen LogP contribution in [0.2, 0.25) is 0 Å². The highest BCUT2D eigenvalue weighted by molar-refractivity contribution is 9.10. The first-order chi connectivity index (χ1) is 10.2. The average molecular weight is 344 g/mol. The number of halogens is 1. The second-order valence-corrected chi connectivity index (χ2v) is 6.94. The zero-order chi connectivity index (χ0) is 14.7. The third kappa shape index (κ3) is 3.68. The summed E-state index contributed by atoms with van der Waals surface area (Å²) < 4.78 is 1.14. The monoisotopic (exact) mass is 343 g/mol. The number of fused-ring (bicyclic) bond motifs is 1. The van der Waals surface area contributed by atoms with Crippen molar-refractivity contribution in [1.29, 1.82) is 0 Å². The van der Waals surface area contributed by atoms with Crippen molar-refractivity contribution in [1.82, 2.24) is 0 Å². The van der Waals surface area contributed by atoms with Gasteiger partial charge in [-0.1, -0.05) is 40.2 Å². The van der Waals surface area contributed by atoms with Crippen LogP contribution in [0.25, 0.3) is 0 Å². The van der Waals surface area contributed by atoms with Crippen molar-refractivity contribution in [3.8, 4) is 0 Å². The van der Waals surface area contributed by atoms with E-state index in [4.69, 9.17) is 0 Å². The summed E-state index contributed by atoms with van der Waals surface area (Å²) in [6.45, 7) is 2.27. The summed E-state index contributed by atoms with van der Waals surface area (Å²) in [4.78, 5) is 0.